The quantitative estimate of drug-likeness (QED) is 0.661. The van der Waals surface area contributed by atoms with Gasteiger partial charge in [-0.05, 0) is 46.9 Å². The second-order valence-electron chi connectivity index (χ2n) is 5.07. The number of halogens is 4. The van der Waals surface area contributed by atoms with Gasteiger partial charge in [-0.2, -0.15) is 17.5 Å². The fourth-order valence-electron chi connectivity index (χ4n) is 2.14. The molecule has 0 saturated heterocycles. The second kappa shape index (κ2) is 6.75. The van der Waals surface area contributed by atoms with Crippen LogP contribution in [0.25, 0.3) is 0 Å². The highest BCUT2D eigenvalue weighted by Gasteiger charge is 2.35. The van der Waals surface area contributed by atoms with Crippen LogP contribution in [0, 0.1) is 0 Å². The van der Waals surface area contributed by atoms with E-state index >= 15 is 0 Å². The van der Waals surface area contributed by atoms with Crippen molar-refractivity contribution in [3.05, 3.63) is 34.5 Å². The molecule has 10 heteroatoms. The highest BCUT2D eigenvalue weighted by atomic mass is 127. The van der Waals surface area contributed by atoms with Gasteiger partial charge in [-0.25, -0.2) is 0 Å². The third kappa shape index (κ3) is 3.74. The Morgan fingerprint density at radius 1 is 1.46 bits per heavy atom. The van der Waals surface area contributed by atoms with E-state index in [0.29, 0.717) is 10.8 Å². The van der Waals surface area contributed by atoms with E-state index in [0.717, 1.165) is 42.2 Å². The van der Waals surface area contributed by atoms with Crippen LogP contribution in [0.15, 0.2) is 18.3 Å². The second-order valence-corrected chi connectivity index (χ2v) is 6.91. The minimum atomic E-state index is -4.57. The van der Waals surface area contributed by atoms with Gasteiger partial charge in [0.25, 0.3) is 5.91 Å². The minimum Gasteiger partial charge on any atom is -0.416 e. The van der Waals surface area contributed by atoms with Crippen molar-refractivity contribution in [1.82, 2.24) is 9.36 Å². The number of carbonyl (C=O) groups excluding carboxylic acids is 1. The van der Waals surface area contributed by atoms with Crippen molar-refractivity contribution in [3.63, 3.8) is 0 Å². The van der Waals surface area contributed by atoms with E-state index in [-0.39, 0.29) is 11.6 Å². The average molecular weight is 469 g/mol. The molecule has 2 aromatic heterocycles. The molecule has 1 fully saturated rings. The fourth-order valence-corrected chi connectivity index (χ4v) is 3.70. The van der Waals surface area contributed by atoms with Crippen molar-refractivity contribution < 1.29 is 21.0 Å². The first-order chi connectivity index (χ1) is 11.4. The topological polar surface area (TPSA) is 64.1 Å². The summed E-state index contributed by atoms with van der Waals surface area (Å²) in [6.07, 6.45) is -1.67. The van der Waals surface area contributed by atoms with Gasteiger partial charge in [-0.3, -0.25) is 9.78 Å². The molecule has 2 aromatic rings. The maximum absolute atomic E-state index is 12.7. The van der Waals surface area contributed by atoms with Gasteiger partial charge >= 0.3 is 6.18 Å². The summed E-state index contributed by atoms with van der Waals surface area (Å²) in [5.74, 6) is 0.158. The molecule has 0 aromatic carbocycles. The van der Waals surface area contributed by atoms with Gasteiger partial charge in [0.1, 0.15) is 31.7 Å². The lowest BCUT2D eigenvalue weighted by molar-refractivity contribution is -0.141. The van der Waals surface area contributed by atoms with Gasteiger partial charge in [0.2, 0.25) is 5.88 Å². The van der Waals surface area contributed by atoms with Crippen LogP contribution >= 0.6 is 32.7 Å². The molecule has 0 spiro atoms. The lowest BCUT2D eigenvalue weighted by Crippen LogP contribution is -2.14. The number of nitrogens with one attached hydrogen (secondary N) is 1. The van der Waals surface area contributed by atoms with E-state index in [2.05, 4.69) is 19.2 Å². The standard InChI is InChI=1S/C14H11F3IN3O2S/c1-18-23-13-10(7-2-3-7)11(24-21-13)12(22)20-8-4-5-19-9(6-8)14(15,16)17/h4-7H,1-3H2,(H,19,20,22). The average Bonchev–Trinajstić information content (AvgIpc) is 3.27. The van der Waals surface area contributed by atoms with Gasteiger partial charge in [0.15, 0.2) is 0 Å². The number of hydrogen-bond donors (Lipinski definition) is 1. The van der Waals surface area contributed by atoms with E-state index in [9.17, 15) is 18.0 Å². The normalized spacial score (nSPS) is 14.5. The summed E-state index contributed by atoms with van der Waals surface area (Å²) in [4.78, 5) is 16.1. The number of alkyl halides is 3. The molecule has 2 heterocycles. The number of nitrogens with zero attached hydrogens (tertiary/aromatic N) is 2. The van der Waals surface area contributed by atoms with Crippen LogP contribution in [0.1, 0.15) is 39.7 Å². The number of rotatable bonds is 5. The number of carbonyl (C=O) groups is 1. The molecule has 1 saturated carbocycles. The number of amides is 1. The first-order valence-corrected chi connectivity index (χ1v) is 9.97. The molecule has 0 atom stereocenters. The zero-order valence-electron chi connectivity index (χ0n) is 12.1. The van der Waals surface area contributed by atoms with Crippen LogP contribution in [-0.2, 0) is 6.18 Å². The number of aromatic nitrogens is 2. The van der Waals surface area contributed by atoms with Crippen LogP contribution in [0.2, 0.25) is 0 Å². The molecule has 0 radical (unpaired) electrons. The fraction of sp³-hybridized carbons (Fsp3) is 0.286. The van der Waals surface area contributed by atoms with Crippen molar-refractivity contribution >= 4 is 48.8 Å². The summed E-state index contributed by atoms with van der Waals surface area (Å²) < 4.78 is 51.4. The summed E-state index contributed by atoms with van der Waals surface area (Å²) in [6.45, 7) is 0. The Hall–Kier alpha value is -1.56. The Morgan fingerprint density at radius 2 is 2.21 bits per heavy atom. The van der Waals surface area contributed by atoms with Crippen molar-refractivity contribution in [2.24, 2.45) is 0 Å². The summed E-state index contributed by atoms with van der Waals surface area (Å²) >= 11 is 0.257. The first kappa shape index (κ1) is 17.3. The van der Waals surface area contributed by atoms with Gasteiger partial charge in [0.05, 0.1) is 0 Å². The monoisotopic (exact) mass is 469 g/mol. The molecular weight excluding hydrogens is 458 g/mol. The molecule has 5 nitrogen and oxygen atoms in total. The van der Waals surface area contributed by atoms with Crippen molar-refractivity contribution in [1.29, 1.82) is 0 Å². The minimum absolute atomic E-state index is 0.0320. The zero-order chi connectivity index (χ0) is 17.3. The molecule has 1 N–H and O–H groups in total. The number of hydrogen-bond acceptors (Lipinski definition) is 5. The van der Waals surface area contributed by atoms with Crippen LogP contribution < -0.4 is 8.38 Å². The lowest BCUT2D eigenvalue weighted by atomic mass is 10.1. The van der Waals surface area contributed by atoms with E-state index in [1.54, 1.807) is 0 Å². The molecule has 1 amide bonds. The van der Waals surface area contributed by atoms with E-state index in [1.165, 1.54) is 6.07 Å². The number of anilines is 1. The highest BCUT2D eigenvalue weighted by molar-refractivity contribution is 14.2. The molecule has 128 valence electrons. The van der Waals surface area contributed by atoms with Gasteiger partial charge in [0, 0.05) is 17.4 Å². The van der Waals surface area contributed by atoms with Crippen LogP contribution in [0.4, 0.5) is 18.9 Å². The van der Waals surface area contributed by atoms with Gasteiger partial charge < -0.3 is 8.38 Å². The van der Waals surface area contributed by atoms with E-state index < -0.39 is 38.9 Å². The predicted octanol–water partition coefficient (Wildman–Crippen LogP) is 4.38. The van der Waals surface area contributed by atoms with Crippen molar-refractivity contribution in [2.45, 2.75) is 24.9 Å². The molecule has 0 aliphatic heterocycles. The van der Waals surface area contributed by atoms with Gasteiger partial charge in [-0.1, -0.05) is 0 Å². The Labute approximate surface area is 149 Å². The largest absolute Gasteiger partial charge is 0.433 e. The first-order valence-electron chi connectivity index (χ1n) is 6.79. The maximum atomic E-state index is 12.7. The van der Waals surface area contributed by atoms with Crippen molar-refractivity contribution in [3.8, 4) is 5.88 Å². The summed E-state index contributed by atoms with van der Waals surface area (Å²) in [5, 5.41) is 2.48. The number of pyridine rings is 1. The SMILES string of the molecule is C=IOc1nsc(C(=O)Nc2ccnc(C(F)(F)F)c2)c1C1CC1. The molecule has 3 rings (SSSR count). The van der Waals surface area contributed by atoms with E-state index in [1.807, 2.05) is 0 Å². The van der Waals surface area contributed by atoms with Gasteiger partial charge in [-0.15, -0.1) is 0 Å². The van der Waals surface area contributed by atoms with E-state index in [4.69, 9.17) is 3.07 Å². The molecule has 24 heavy (non-hydrogen) atoms. The molecule has 1 aliphatic carbocycles. The Morgan fingerprint density at radius 3 is 2.83 bits per heavy atom. The summed E-state index contributed by atoms with van der Waals surface area (Å²) in [7, 11) is 0. The zero-order valence-corrected chi connectivity index (χ0v) is 15.0. The summed E-state index contributed by atoms with van der Waals surface area (Å²) in [6, 6.07) is 2.11. The van der Waals surface area contributed by atoms with Crippen LogP contribution in [0.3, 0.4) is 0 Å². The van der Waals surface area contributed by atoms with Crippen molar-refractivity contribution in [2.75, 3.05) is 5.32 Å². The Bertz CT molecular complexity index is 790. The molecule has 1 aliphatic rings. The molecule has 0 unspecified atom stereocenters. The highest BCUT2D eigenvalue weighted by Crippen LogP contribution is 2.47. The Kier molecular flexibility index (Phi) is 4.85. The summed E-state index contributed by atoms with van der Waals surface area (Å²) in [5.41, 5.74) is -0.284. The van der Waals surface area contributed by atoms with Crippen LogP contribution in [-0.4, -0.2) is 19.8 Å². The van der Waals surface area contributed by atoms with Crippen LogP contribution in [0.5, 0.6) is 5.88 Å². The smallest absolute Gasteiger partial charge is 0.416 e. The third-order valence-corrected chi connectivity index (χ3v) is 4.90. The molecular formula is C14H11F3IN3O2S. The maximum Gasteiger partial charge on any atom is 0.433 e. The predicted molar refractivity (Wildman–Crippen MR) is 93.1 cm³/mol. The molecule has 0 bridgehead atoms. The third-order valence-electron chi connectivity index (χ3n) is 3.32. The Balaban J connectivity index is 1.84. The lowest BCUT2D eigenvalue weighted by Gasteiger charge is -2.09.